The van der Waals surface area contributed by atoms with Crippen molar-refractivity contribution < 1.29 is 14.7 Å². The van der Waals surface area contributed by atoms with Gasteiger partial charge in [0.15, 0.2) is 0 Å². The van der Waals surface area contributed by atoms with Crippen molar-refractivity contribution in [1.82, 2.24) is 5.32 Å². The zero-order valence-corrected chi connectivity index (χ0v) is 13.0. The molecule has 0 heterocycles. The van der Waals surface area contributed by atoms with E-state index in [-0.39, 0.29) is 18.4 Å². The molecule has 0 aliphatic heterocycles. The first-order valence-corrected chi connectivity index (χ1v) is 7.17. The van der Waals surface area contributed by atoms with Crippen molar-refractivity contribution in [3.63, 3.8) is 0 Å². The van der Waals surface area contributed by atoms with Crippen molar-refractivity contribution in [2.45, 2.75) is 39.7 Å². The highest BCUT2D eigenvalue weighted by Gasteiger charge is 2.21. The lowest BCUT2D eigenvalue weighted by atomic mass is 10.0. The number of benzene rings is 1. The molecule has 1 rings (SSSR count). The summed E-state index contributed by atoms with van der Waals surface area (Å²) in [7, 11) is 0. The fraction of sp³-hybridized carbons (Fsp3) is 0.500. The Morgan fingerprint density at radius 3 is 2.10 bits per heavy atom. The van der Waals surface area contributed by atoms with Crippen LogP contribution >= 0.6 is 0 Å². The van der Waals surface area contributed by atoms with E-state index >= 15 is 0 Å². The molecule has 5 heteroatoms. The van der Waals surface area contributed by atoms with Crippen molar-refractivity contribution in [2.24, 2.45) is 5.92 Å². The number of nitrogens with one attached hydrogen (secondary N) is 2. The summed E-state index contributed by atoms with van der Waals surface area (Å²) in [5.41, 5.74) is 1.92. The lowest BCUT2D eigenvalue weighted by Gasteiger charge is -2.17. The van der Waals surface area contributed by atoms with Crippen molar-refractivity contribution in [2.75, 3.05) is 11.9 Å². The minimum Gasteiger partial charge on any atom is -0.480 e. The van der Waals surface area contributed by atoms with Gasteiger partial charge in [0.1, 0.15) is 6.04 Å². The average Bonchev–Trinajstić information content (AvgIpc) is 2.38. The van der Waals surface area contributed by atoms with Gasteiger partial charge in [0.25, 0.3) is 0 Å². The predicted octanol–water partition coefficient (Wildman–Crippen LogP) is 2.45. The SMILES string of the molecule is CC(C)c1ccc(NC(=O)CNC(C(=O)O)C(C)C)cc1. The molecule has 0 saturated carbocycles. The maximum absolute atomic E-state index is 11.8. The van der Waals surface area contributed by atoms with Crippen LogP contribution in [0, 0.1) is 5.92 Å². The molecule has 0 radical (unpaired) electrons. The van der Waals surface area contributed by atoms with Gasteiger partial charge in [0.05, 0.1) is 6.54 Å². The predicted molar refractivity (Wildman–Crippen MR) is 83.4 cm³/mol. The summed E-state index contributed by atoms with van der Waals surface area (Å²) in [5.74, 6) is -0.835. The van der Waals surface area contributed by atoms with Crippen LogP contribution in [-0.4, -0.2) is 29.6 Å². The van der Waals surface area contributed by atoms with Gasteiger partial charge < -0.3 is 10.4 Å². The molecule has 1 amide bonds. The second-order valence-corrected chi connectivity index (χ2v) is 5.77. The second-order valence-electron chi connectivity index (χ2n) is 5.77. The second kappa shape index (κ2) is 7.78. The summed E-state index contributed by atoms with van der Waals surface area (Å²) in [5, 5.41) is 14.5. The van der Waals surface area contributed by atoms with Gasteiger partial charge in [-0.15, -0.1) is 0 Å². The molecule has 1 aromatic carbocycles. The van der Waals surface area contributed by atoms with Crippen molar-refractivity contribution in [1.29, 1.82) is 0 Å². The zero-order valence-electron chi connectivity index (χ0n) is 13.0. The number of hydrogen-bond donors (Lipinski definition) is 3. The molecule has 1 atom stereocenters. The third-order valence-corrected chi connectivity index (χ3v) is 3.28. The number of aliphatic carboxylic acids is 1. The van der Waals surface area contributed by atoms with Gasteiger partial charge in [-0.05, 0) is 29.5 Å². The van der Waals surface area contributed by atoms with Crippen LogP contribution in [0.2, 0.25) is 0 Å². The first-order chi connectivity index (χ1) is 9.81. The molecular weight excluding hydrogens is 268 g/mol. The van der Waals surface area contributed by atoms with Gasteiger partial charge in [-0.2, -0.15) is 0 Å². The maximum Gasteiger partial charge on any atom is 0.320 e. The highest BCUT2D eigenvalue weighted by molar-refractivity contribution is 5.92. The quantitative estimate of drug-likeness (QED) is 0.721. The number of rotatable bonds is 7. The number of carbonyl (C=O) groups excluding carboxylic acids is 1. The van der Waals surface area contributed by atoms with Crippen LogP contribution < -0.4 is 10.6 Å². The average molecular weight is 292 g/mol. The number of carboxylic acid groups (broad SMARTS) is 1. The Kier molecular flexibility index (Phi) is 6.37. The first kappa shape index (κ1) is 17.2. The molecule has 116 valence electrons. The normalized spacial score (nSPS) is 12.5. The molecule has 0 bridgehead atoms. The van der Waals surface area contributed by atoms with E-state index in [9.17, 15) is 9.59 Å². The Hall–Kier alpha value is -1.88. The number of hydrogen-bond acceptors (Lipinski definition) is 3. The van der Waals surface area contributed by atoms with Crippen molar-refractivity contribution >= 4 is 17.6 Å². The number of anilines is 1. The summed E-state index contributed by atoms with van der Waals surface area (Å²) >= 11 is 0. The van der Waals surface area contributed by atoms with Crippen LogP contribution in [0.1, 0.15) is 39.2 Å². The van der Waals surface area contributed by atoms with Gasteiger partial charge in [-0.25, -0.2) is 0 Å². The van der Waals surface area contributed by atoms with E-state index in [1.165, 1.54) is 5.56 Å². The molecule has 5 nitrogen and oxygen atoms in total. The highest BCUT2D eigenvalue weighted by Crippen LogP contribution is 2.16. The van der Waals surface area contributed by atoms with Gasteiger partial charge in [0.2, 0.25) is 5.91 Å². The maximum atomic E-state index is 11.8. The molecule has 21 heavy (non-hydrogen) atoms. The lowest BCUT2D eigenvalue weighted by molar-refractivity contribution is -0.140. The van der Waals surface area contributed by atoms with Gasteiger partial charge in [0, 0.05) is 5.69 Å². The standard InChI is InChI=1S/C16H24N2O3/c1-10(2)12-5-7-13(8-6-12)18-14(19)9-17-15(11(3)4)16(20)21/h5-8,10-11,15,17H,9H2,1-4H3,(H,18,19)(H,20,21). The molecule has 0 aliphatic rings. The summed E-state index contributed by atoms with van der Waals surface area (Å²) in [6.45, 7) is 7.79. The van der Waals surface area contributed by atoms with Crippen LogP contribution in [-0.2, 0) is 9.59 Å². The Labute approximate surface area is 125 Å². The number of amides is 1. The van der Waals surface area contributed by atoms with Gasteiger partial charge in [-0.1, -0.05) is 39.8 Å². The van der Waals surface area contributed by atoms with Gasteiger partial charge >= 0.3 is 5.97 Å². The summed E-state index contributed by atoms with van der Waals surface area (Å²) in [6, 6.07) is 6.93. The Balaban J connectivity index is 2.52. The van der Waals surface area contributed by atoms with E-state index in [0.29, 0.717) is 11.6 Å². The molecule has 0 spiro atoms. The monoisotopic (exact) mass is 292 g/mol. The van der Waals surface area contributed by atoms with E-state index in [1.54, 1.807) is 13.8 Å². The van der Waals surface area contributed by atoms with E-state index in [2.05, 4.69) is 24.5 Å². The van der Waals surface area contributed by atoms with Crippen LogP contribution in [0.3, 0.4) is 0 Å². The molecular formula is C16H24N2O3. The van der Waals surface area contributed by atoms with E-state index in [4.69, 9.17) is 5.11 Å². The highest BCUT2D eigenvalue weighted by atomic mass is 16.4. The molecule has 0 fully saturated rings. The van der Waals surface area contributed by atoms with E-state index in [0.717, 1.165) is 0 Å². The zero-order chi connectivity index (χ0) is 16.0. The Bertz CT molecular complexity index is 481. The minimum absolute atomic E-state index is 0.0267. The molecule has 3 N–H and O–H groups in total. The largest absolute Gasteiger partial charge is 0.480 e. The minimum atomic E-state index is -0.945. The third kappa shape index (κ3) is 5.55. The van der Waals surface area contributed by atoms with Crippen LogP contribution in [0.5, 0.6) is 0 Å². The fourth-order valence-corrected chi connectivity index (χ4v) is 1.97. The van der Waals surface area contributed by atoms with E-state index in [1.807, 2.05) is 24.3 Å². The van der Waals surface area contributed by atoms with Crippen LogP contribution in [0.4, 0.5) is 5.69 Å². The topological polar surface area (TPSA) is 78.4 Å². The Morgan fingerprint density at radius 1 is 1.10 bits per heavy atom. The van der Waals surface area contributed by atoms with Gasteiger partial charge in [-0.3, -0.25) is 14.9 Å². The summed E-state index contributed by atoms with van der Waals surface area (Å²) in [6.07, 6.45) is 0. The molecule has 0 saturated heterocycles. The third-order valence-electron chi connectivity index (χ3n) is 3.28. The van der Waals surface area contributed by atoms with Crippen molar-refractivity contribution in [3.8, 4) is 0 Å². The van der Waals surface area contributed by atoms with Crippen molar-refractivity contribution in [3.05, 3.63) is 29.8 Å². The number of carboxylic acids is 1. The van der Waals surface area contributed by atoms with Crippen LogP contribution in [0.15, 0.2) is 24.3 Å². The Morgan fingerprint density at radius 2 is 1.67 bits per heavy atom. The lowest BCUT2D eigenvalue weighted by Crippen LogP contribution is -2.44. The first-order valence-electron chi connectivity index (χ1n) is 7.17. The summed E-state index contributed by atoms with van der Waals surface area (Å²) in [4.78, 5) is 22.8. The fourth-order valence-electron chi connectivity index (χ4n) is 1.97. The smallest absolute Gasteiger partial charge is 0.320 e. The molecule has 0 aliphatic carbocycles. The number of carbonyl (C=O) groups is 2. The summed E-state index contributed by atoms with van der Waals surface area (Å²) < 4.78 is 0. The van der Waals surface area contributed by atoms with Crippen LogP contribution in [0.25, 0.3) is 0 Å². The molecule has 1 unspecified atom stereocenters. The molecule has 1 aromatic rings. The van der Waals surface area contributed by atoms with E-state index < -0.39 is 12.0 Å². The molecule has 0 aromatic heterocycles.